The summed E-state index contributed by atoms with van der Waals surface area (Å²) in [6.45, 7) is 6.21. The number of aryl methyl sites for hydroxylation is 1. The summed E-state index contributed by atoms with van der Waals surface area (Å²) in [5.74, 6) is 1.50. The normalized spacial score (nSPS) is 11.2. The molecule has 0 radical (unpaired) electrons. The van der Waals surface area contributed by atoms with E-state index in [2.05, 4.69) is 34.0 Å². The molecule has 0 aliphatic carbocycles. The number of aromatic nitrogens is 4. The van der Waals surface area contributed by atoms with Crippen LogP contribution in [0.4, 0.5) is 0 Å². The van der Waals surface area contributed by atoms with E-state index < -0.39 is 0 Å². The fourth-order valence-electron chi connectivity index (χ4n) is 1.80. The molecule has 6 heteroatoms. The van der Waals surface area contributed by atoms with Crippen molar-refractivity contribution >= 4 is 11.3 Å². The summed E-state index contributed by atoms with van der Waals surface area (Å²) in [5, 5.41) is 5.11. The summed E-state index contributed by atoms with van der Waals surface area (Å²) >= 11 is 1.61. The Kier molecular flexibility index (Phi) is 3.31. The van der Waals surface area contributed by atoms with Crippen LogP contribution in [0.5, 0.6) is 0 Å². The van der Waals surface area contributed by atoms with E-state index in [9.17, 15) is 0 Å². The highest BCUT2D eigenvalue weighted by molar-refractivity contribution is 7.15. The van der Waals surface area contributed by atoms with Gasteiger partial charge in [0.05, 0.1) is 10.7 Å². The summed E-state index contributed by atoms with van der Waals surface area (Å²) < 4.78 is 5.37. The van der Waals surface area contributed by atoms with Gasteiger partial charge in [0.2, 0.25) is 5.82 Å². The van der Waals surface area contributed by atoms with Crippen LogP contribution in [0.1, 0.15) is 30.5 Å². The molecule has 0 aromatic carbocycles. The Hall–Kier alpha value is -2.08. The Labute approximate surface area is 120 Å². The van der Waals surface area contributed by atoms with E-state index in [1.165, 1.54) is 0 Å². The average Bonchev–Trinajstić information content (AvgIpc) is 3.06. The first kappa shape index (κ1) is 12.9. The summed E-state index contributed by atoms with van der Waals surface area (Å²) in [6, 6.07) is 3.71. The maximum absolute atomic E-state index is 5.37. The fraction of sp³-hybridized carbons (Fsp3) is 0.286. The molecular weight excluding hydrogens is 272 g/mol. The Morgan fingerprint density at radius 1 is 1.15 bits per heavy atom. The van der Waals surface area contributed by atoms with Gasteiger partial charge in [0, 0.05) is 23.9 Å². The van der Waals surface area contributed by atoms with Gasteiger partial charge in [-0.15, -0.1) is 11.3 Å². The first-order chi connectivity index (χ1) is 9.65. The van der Waals surface area contributed by atoms with Crippen molar-refractivity contribution in [1.29, 1.82) is 0 Å². The summed E-state index contributed by atoms with van der Waals surface area (Å²) in [5.41, 5.74) is 1.82. The molecule has 3 heterocycles. The van der Waals surface area contributed by atoms with Gasteiger partial charge >= 0.3 is 0 Å². The van der Waals surface area contributed by atoms with Crippen LogP contribution in [-0.2, 0) is 0 Å². The second-order valence-electron chi connectivity index (χ2n) is 4.78. The quantitative estimate of drug-likeness (QED) is 0.734. The SMILES string of the molecule is Cc1nc(C(C)C)sc1-c1nc(-c2ccncc2)no1. The van der Waals surface area contributed by atoms with Gasteiger partial charge < -0.3 is 4.52 Å². The second kappa shape index (κ2) is 5.13. The third kappa shape index (κ3) is 2.34. The Morgan fingerprint density at radius 2 is 1.90 bits per heavy atom. The van der Waals surface area contributed by atoms with Crippen molar-refractivity contribution in [3.63, 3.8) is 0 Å². The minimum Gasteiger partial charge on any atom is -0.333 e. The smallest absolute Gasteiger partial charge is 0.270 e. The number of nitrogens with zero attached hydrogens (tertiary/aromatic N) is 4. The lowest BCUT2D eigenvalue weighted by Crippen LogP contribution is -1.84. The molecule has 0 aliphatic rings. The van der Waals surface area contributed by atoms with Gasteiger partial charge in [-0.3, -0.25) is 4.98 Å². The van der Waals surface area contributed by atoms with Crippen LogP contribution in [0.25, 0.3) is 22.2 Å². The largest absolute Gasteiger partial charge is 0.333 e. The number of pyridine rings is 1. The molecule has 0 bridgehead atoms. The Morgan fingerprint density at radius 3 is 2.55 bits per heavy atom. The molecule has 3 rings (SSSR count). The molecule has 0 saturated heterocycles. The van der Waals surface area contributed by atoms with Crippen molar-refractivity contribution in [2.45, 2.75) is 26.7 Å². The molecule has 0 aliphatic heterocycles. The van der Waals surface area contributed by atoms with Gasteiger partial charge in [0.1, 0.15) is 4.88 Å². The lowest BCUT2D eigenvalue weighted by molar-refractivity contribution is 0.433. The van der Waals surface area contributed by atoms with E-state index >= 15 is 0 Å². The van der Waals surface area contributed by atoms with Crippen LogP contribution in [0.15, 0.2) is 29.0 Å². The topological polar surface area (TPSA) is 64.7 Å². The van der Waals surface area contributed by atoms with E-state index in [4.69, 9.17) is 4.52 Å². The monoisotopic (exact) mass is 286 g/mol. The highest BCUT2D eigenvalue weighted by Gasteiger charge is 2.18. The van der Waals surface area contributed by atoms with Crippen LogP contribution in [0, 0.1) is 6.92 Å². The summed E-state index contributed by atoms with van der Waals surface area (Å²) in [4.78, 5) is 13.9. The van der Waals surface area contributed by atoms with Crippen molar-refractivity contribution in [2.75, 3.05) is 0 Å². The molecule has 0 saturated carbocycles. The molecule has 3 aromatic heterocycles. The third-order valence-electron chi connectivity index (χ3n) is 2.87. The zero-order valence-corrected chi connectivity index (χ0v) is 12.3. The number of hydrogen-bond acceptors (Lipinski definition) is 6. The standard InChI is InChI=1S/C14H14N4OS/c1-8(2)14-16-9(3)11(20-14)13-17-12(18-19-13)10-4-6-15-7-5-10/h4-8H,1-3H3. The molecule has 3 aromatic rings. The Balaban J connectivity index is 1.98. The van der Waals surface area contributed by atoms with Crippen molar-refractivity contribution in [2.24, 2.45) is 0 Å². The molecule has 0 amide bonds. The van der Waals surface area contributed by atoms with Crippen LogP contribution in [0.2, 0.25) is 0 Å². The van der Waals surface area contributed by atoms with Crippen molar-refractivity contribution in [3.05, 3.63) is 35.2 Å². The Bertz CT molecular complexity index is 718. The lowest BCUT2D eigenvalue weighted by atomic mass is 10.2. The number of thiazole rings is 1. The van der Waals surface area contributed by atoms with Gasteiger partial charge in [0.25, 0.3) is 5.89 Å². The molecule has 20 heavy (non-hydrogen) atoms. The molecular formula is C14H14N4OS. The third-order valence-corrected chi connectivity index (χ3v) is 4.31. The van der Waals surface area contributed by atoms with Crippen LogP contribution in [-0.4, -0.2) is 20.1 Å². The zero-order valence-electron chi connectivity index (χ0n) is 11.5. The van der Waals surface area contributed by atoms with E-state index in [1.807, 2.05) is 19.1 Å². The maximum Gasteiger partial charge on any atom is 0.270 e. The zero-order chi connectivity index (χ0) is 14.1. The molecule has 0 fully saturated rings. The van der Waals surface area contributed by atoms with Crippen molar-refractivity contribution in [1.82, 2.24) is 20.1 Å². The molecule has 102 valence electrons. The second-order valence-corrected chi connectivity index (χ2v) is 5.81. The van der Waals surface area contributed by atoms with Crippen molar-refractivity contribution < 1.29 is 4.52 Å². The van der Waals surface area contributed by atoms with Gasteiger partial charge in [-0.1, -0.05) is 19.0 Å². The van der Waals surface area contributed by atoms with Gasteiger partial charge in [0.15, 0.2) is 0 Å². The fourth-order valence-corrected chi connectivity index (χ4v) is 2.79. The van der Waals surface area contributed by atoms with Crippen molar-refractivity contribution in [3.8, 4) is 22.2 Å². The summed E-state index contributed by atoms with van der Waals surface area (Å²) in [6.07, 6.45) is 3.42. The predicted octanol–water partition coefficient (Wildman–Crippen LogP) is 3.69. The first-order valence-corrected chi connectivity index (χ1v) is 7.18. The van der Waals surface area contributed by atoms with Gasteiger partial charge in [-0.2, -0.15) is 4.98 Å². The molecule has 0 N–H and O–H groups in total. The van der Waals surface area contributed by atoms with E-state index in [0.717, 1.165) is 21.1 Å². The molecule has 0 unspecified atom stereocenters. The molecule has 5 nitrogen and oxygen atoms in total. The number of rotatable bonds is 3. The minimum absolute atomic E-state index is 0.398. The van der Waals surface area contributed by atoms with Crippen LogP contribution in [0.3, 0.4) is 0 Å². The van der Waals surface area contributed by atoms with E-state index in [1.54, 1.807) is 23.7 Å². The van der Waals surface area contributed by atoms with E-state index in [0.29, 0.717) is 17.6 Å². The van der Waals surface area contributed by atoms with Gasteiger partial charge in [-0.25, -0.2) is 4.98 Å². The highest BCUT2D eigenvalue weighted by atomic mass is 32.1. The average molecular weight is 286 g/mol. The number of hydrogen-bond donors (Lipinski definition) is 0. The summed E-state index contributed by atoms with van der Waals surface area (Å²) in [7, 11) is 0. The van der Waals surface area contributed by atoms with E-state index in [-0.39, 0.29) is 0 Å². The minimum atomic E-state index is 0.398. The molecule has 0 spiro atoms. The highest BCUT2D eigenvalue weighted by Crippen LogP contribution is 2.33. The van der Waals surface area contributed by atoms with Crippen LogP contribution < -0.4 is 0 Å². The molecule has 0 atom stereocenters. The first-order valence-electron chi connectivity index (χ1n) is 6.37. The lowest BCUT2D eigenvalue weighted by Gasteiger charge is -1.94. The predicted molar refractivity (Wildman–Crippen MR) is 77.5 cm³/mol. The maximum atomic E-state index is 5.37. The van der Waals surface area contributed by atoms with Crippen LogP contribution >= 0.6 is 11.3 Å². The van der Waals surface area contributed by atoms with Gasteiger partial charge in [-0.05, 0) is 19.1 Å².